The SMILES string of the molecule is COc1ccc(NC(=O)NC(=O)CN2CCN(CC(=O)Nc3ccccc3)CC2)cc1. The quantitative estimate of drug-likeness (QED) is 0.623. The molecule has 3 N–H and O–H groups in total. The van der Waals surface area contributed by atoms with E-state index in [-0.39, 0.29) is 18.4 Å². The number of urea groups is 1. The number of imide groups is 1. The second kappa shape index (κ2) is 11.1. The number of ether oxygens (including phenoxy) is 1. The topological polar surface area (TPSA) is 103 Å². The van der Waals surface area contributed by atoms with Gasteiger partial charge in [-0.3, -0.25) is 24.7 Å². The average Bonchev–Trinajstić information content (AvgIpc) is 2.76. The number of nitrogens with zero attached hydrogens (tertiary/aromatic N) is 2. The first-order valence-electron chi connectivity index (χ1n) is 10.1. The number of carbonyl (C=O) groups excluding carboxylic acids is 3. The van der Waals surface area contributed by atoms with Crippen LogP contribution in [-0.2, 0) is 9.59 Å². The van der Waals surface area contributed by atoms with Crippen LogP contribution in [0.4, 0.5) is 16.2 Å². The highest BCUT2D eigenvalue weighted by molar-refractivity contribution is 6.01. The molecule has 2 aromatic rings. The van der Waals surface area contributed by atoms with Gasteiger partial charge in [0.15, 0.2) is 0 Å². The lowest BCUT2D eigenvalue weighted by Gasteiger charge is -2.33. The highest BCUT2D eigenvalue weighted by atomic mass is 16.5. The summed E-state index contributed by atoms with van der Waals surface area (Å²) in [5.74, 6) is 0.243. The maximum absolute atomic E-state index is 12.2. The van der Waals surface area contributed by atoms with Crippen molar-refractivity contribution in [1.82, 2.24) is 15.1 Å². The van der Waals surface area contributed by atoms with Crippen LogP contribution in [0.1, 0.15) is 0 Å². The second-order valence-corrected chi connectivity index (χ2v) is 7.20. The van der Waals surface area contributed by atoms with E-state index >= 15 is 0 Å². The van der Waals surface area contributed by atoms with Crippen molar-refractivity contribution in [1.29, 1.82) is 0 Å². The Morgan fingerprint density at radius 3 is 1.90 bits per heavy atom. The smallest absolute Gasteiger partial charge is 0.325 e. The summed E-state index contributed by atoms with van der Waals surface area (Å²) in [5, 5.41) is 7.82. The summed E-state index contributed by atoms with van der Waals surface area (Å²) in [7, 11) is 1.56. The minimum atomic E-state index is -0.577. The van der Waals surface area contributed by atoms with Crippen molar-refractivity contribution in [2.24, 2.45) is 0 Å². The van der Waals surface area contributed by atoms with Crippen LogP contribution in [-0.4, -0.2) is 74.0 Å². The molecule has 9 heteroatoms. The Morgan fingerprint density at radius 1 is 0.774 bits per heavy atom. The summed E-state index contributed by atoms with van der Waals surface area (Å²) in [4.78, 5) is 40.3. The van der Waals surface area contributed by atoms with Crippen molar-refractivity contribution in [3.63, 3.8) is 0 Å². The zero-order valence-electron chi connectivity index (χ0n) is 17.5. The summed E-state index contributed by atoms with van der Waals surface area (Å²) in [6.07, 6.45) is 0. The summed E-state index contributed by atoms with van der Waals surface area (Å²) in [5.41, 5.74) is 1.34. The van der Waals surface area contributed by atoms with Crippen LogP contribution in [0.5, 0.6) is 5.75 Å². The first kappa shape index (κ1) is 22.3. The van der Waals surface area contributed by atoms with Crippen LogP contribution in [0.15, 0.2) is 54.6 Å². The third-order valence-corrected chi connectivity index (χ3v) is 4.86. The molecule has 0 unspecified atom stereocenters. The number of carbonyl (C=O) groups is 3. The van der Waals surface area contributed by atoms with Crippen molar-refractivity contribution in [3.05, 3.63) is 54.6 Å². The van der Waals surface area contributed by atoms with E-state index in [0.717, 1.165) is 5.69 Å². The molecule has 164 valence electrons. The molecule has 0 aromatic heterocycles. The number of hydrogen-bond acceptors (Lipinski definition) is 6. The first-order valence-corrected chi connectivity index (χ1v) is 10.1. The monoisotopic (exact) mass is 425 g/mol. The van der Waals surface area contributed by atoms with Gasteiger partial charge in [-0.05, 0) is 36.4 Å². The Morgan fingerprint density at radius 2 is 1.32 bits per heavy atom. The van der Waals surface area contributed by atoms with Gasteiger partial charge in [-0.15, -0.1) is 0 Å². The molecule has 4 amide bonds. The molecule has 1 heterocycles. The van der Waals surface area contributed by atoms with E-state index in [2.05, 4.69) is 16.0 Å². The zero-order valence-corrected chi connectivity index (χ0v) is 17.5. The van der Waals surface area contributed by atoms with E-state index in [1.807, 2.05) is 40.1 Å². The number of rotatable bonds is 7. The largest absolute Gasteiger partial charge is 0.497 e. The Hall–Kier alpha value is -3.43. The normalized spacial score (nSPS) is 14.5. The van der Waals surface area contributed by atoms with Gasteiger partial charge in [-0.25, -0.2) is 4.79 Å². The van der Waals surface area contributed by atoms with Crippen LogP contribution in [0, 0.1) is 0 Å². The van der Waals surface area contributed by atoms with Crippen molar-refractivity contribution >= 4 is 29.2 Å². The van der Waals surface area contributed by atoms with Gasteiger partial charge in [0.2, 0.25) is 11.8 Å². The van der Waals surface area contributed by atoms with Crippen LogP contribution < -0.4 is 20.7 Å². The molecular weight excluding hydrogens is 398 g/mol. The number of amides is 4. The van der Waals surface area contributed by atoms with Gasteiger partial charge in [-0.2, -0.15) is 0 Å². The van der Waals surface area contributed by atoms with Crippen molar-refractivity contribution in [2.45, 2.75) is 0 Å². The van der Waals surface area contributed by atoms with Crippen molar-refractivity contribution in [2.75, 3.05) is 57.0 Å². The Labute approximate surface area is 181 Å². The molecule has 0 saturated carbocycles. The Bertz CT molecular complexity index is 881. The van der Waals surface area contributed by atoms with Crippen LogP contribution >= 0.6 is 0 Å². The fourth-order valence-electron chi connectivity index (χ4n) is 3.24. The highest BCUT2D eigenvalue weighted by Gasteiger charge is 2.21. The number of methoxy groups -OCH3 is 1. The number of anilines is 2. The van der Waals surface area contributed by atoms with Crippen molar-refractivity contribution < 1.29 is 19.1 Å². The van der Waals surface area contributed by atoms with E-state index in [4.69, 9.17) is 4.74 Å². The summed E-state index contributed by atoms with van der Waals surface area (Å²) in [6, 6.07) is 15.6. The molecule has 0 spiro atoms. The van der Waals surface area contributed by atoms with Crippen LogP contribution in [0.3, 0.4) is 0 Å². The Balaban J connectivity index is 1.34. The van der Waals surface area contributed by atoms with E-state index in [9.17, 15) is 14.4 Å². The van der Waals surface area contributed by atoms with E-state index in [1.54, 1.807) is 31.4 Å². The second-order valence-electron chi connectivity index (χ2n) is 7.20. The standard InChI is InChI=1S/C22H27N5O4/c1-31-19-9-7-18(8-10-19)24-22(30)25-21(29)16-27-13-11-26(12-14-27)15-20(28)23-17-5-3-2-4-6-17/h2-10H,11-16H2,1H3,(H,23,28)(H2,24,25,29,30). The number of para-hydroxylation sites is 1. The Kier molecular flexibility index (Phi) is 7.97. The molecule has 9 nitrogen and oxygen atoms in total. The van der Waals surface area contributed by atoms with Gasteiger partial charge >= 0.3 is 6.03 Å². The number of nitrogens with one attached hydrogen (secondary N) is 3. The van der Waals surface area contributed by atoms with E-state index in [1.165, 1.54) is 0 Å². The highest BCUT2D eigenvalue weighted by Crippen LogP contribution is 2.14. The predicted molar refractivity (Wildman–Crippen MR) is 118 cm³/mol. The minimum absolute atomic E-state index is 0.0624. The molecule has 0 atom stereocenters. The molecular formula is C22H27N5O4. The molecule has 31 heavy (non-hydrogen) atoms. The number of piperazine rings is 1. The van der Waals surface area contributed by atoms with E-state index < -0.39 is 6.03 Å². The third-order valence-electron chi connectivity index (χ3n) is 4.86. The molecule has 0 bridgehead atoms. The molecule has 1 fully saturated rings. The van der Waals surface area contributed by atoms with E-state index in [0.29, 0.717) is 44.2 Å². The fourth-order valence-corrected chi connectivity index (χ4v) is 3.24. The fraction of sp³-hybridized carbons (Fsp3) is 0.318. The van der Waals surface area contributed by atoms with Gasteiger partial charge < -0.3 is 15.4 Å². The predicted octanol–water partition coefficient (Wildman–Crippen LogP) is 1.60. The summed E-state index contributed by atoms with van der Waals surface area (Å²) >= 11 is 0. The maximum Gasteiger partial charge on any atom is 0.325 e. The summed E-state index contributed by atoms with van der Waals surface area (Å²) in [6.45, 7) is 3.07. The average molecular weight is 425 g/mol. The third kappa shape index (κ3) is 7.40. The molecule has 1 aliphatic heterocycles. The lowest BCUT2D eigenvalue weighted by Crippen LogP contribution is -2.51. The molecule has 1 saturated heterocycles. The lowest BCUT2D eigenvalue weighted by molar-refractivity contribution is -0.122. The van der Waals surface area contributed by atoms with Crippen molar-refractivity contribution in [3.8, 4) is 5.75 Å². The number of hydrogen-bond donors (Lipinski definition) is 3. The van der Waals surface area contributed by atoms with Crippen LogP contribution in [0.25, 0.3) is 0 Å². The van der Waals surface area contributed by atoms with Gasteiger partial charge in [0.25, 0.3) is 0 Å². The molecule has 3 rings (SSSR count). The van der Waals surface area contributed by atoms with Crippen LogP contribution in [0.2, 0.25) is 0 Å². The first-order chi connectivity index (χ1) is 15.0. The van der Waals surface area contributed by atoms with Gasteiger partial charge in [0.1, 0.15) is 5.75 Å². The number of benzene rings is 2. The molecule has 0 aliphatic carbocycles. The minimum Gasteiger partial charge on any atom is -0.497 e. The van der Waals surface area contributed by atoms with Gasteiger partial charge in [0.05, 0.1) is 20.2 Å². The lowest BCUT2D eigenvalue weighted by atomic mass is 10.3. The molecule has 1 aliphatic rings. The molecule has 0 radical (unpaired) electrons. The van der Waals surface area contributed by atoms with Gasteiger partial charge in [0, 0.05) is 37.6 Å². The maximum atomic E-state index is 12.2. The molecule has 2 aromatic carbocycles. The summed E-state index contributed by atoms with van der Waals surface area (Å²) < 4.78 is 5.07. The van der Waals surface area contributed by atoms with Gasteiger partial charge in [-0.1, -0.05) is 18.2 Å². The zero-order chi connectivity index (χ0) is 22.1.